The zero-order valence-electron chi connectivity index (χ0n) is 16.3. The molecule has 0 radical (unpaired) electrons. The normalized spacial score (nSPS) is 14.9. The van der Waals surface area contributed by atoms with Crippen LogP contribution >= 0.6 is 0 Å². The van der Waals surface area contributed by atoms with Gasteiger partial charge in [-0.15, -0.1) is 0 Å². The van der Waals surface area contributed by atoms with Crippen molar-refractivity contribution in [2.75, 3.05) is 18.4 Å². The van der Waals surface area contributed by atoms with Crippen LogP contribution < -0.4 is 16.2 Å². The average Bonchev–Trinajstić information content (AvgIpc) is 2.72. The number of pyridine rings is 1. The third kappa shape index (κ3) is 3.45. The van der Waals surface area contributed by atoms with Crippen LogP contribution in [0.15, 0.2) is 53.5 Å². The van der Waals surface area contributed by atoms with Gasteiger partial charge >= 0.3 is 0 Å². The van der Waals surface area contributed by atoms with Gasteiger partial charge in [-0.1, -0.05) is 30.3 Å². The minimum atomic E-state index is -0.0645. The van der Waals surface area contributed by atoms with Gasteiger partial charge in [0, 0.05) is 35.8 Å². The molecule has 28 heavy (non-hydrogen) atoms. The lowest BCUT2D eigenvalue weighted by atomic mass is 9.96. The van der Waals surface area contributed by atoms with Crippen molar-refractivity contribution in [3.05, 3.63) is 64.6 Å². The molecule has 1 aliphatic rings. The zero-order valence-corrected chi connectivity index (χ0v) is 16.3. The van der Waals surface area contributed by atoms with Crippen LogP contribution in [0.5, 0.6) is 0 Å². The fourth-order valence-electron chi connectivity index (χ4n) is 3.96. The van der Waals surface area contributed by atoms with Gasteiger partial charge in [0.1, 0.15) is 0 Å². The van der Waals surface area contributed by atoms with Gasteiger partial charge in [-0.3, -0.25) is 9.59 Å². The smallest absolute Gasteiger partial charge is 0.258 e. The molecule has 1 fully saturated rings. The van der Waals surface area contributed by atoms with Crippen molar-refractivity contribution in [2.24, 2.45) is 13.0 Å². The molecule has 2 N–H and O–H groups in total. The van der Waals surface area contributed by atoms with Crippen LogP contribution in [0, 0.1) is 12.8 Å². The summed E-state index contributed by atoms with van der Waals surface area (Å²) in [5, 5.41) is 7.80. The van der Waals surface area contributed by atoms with Crippen LogP contribution in [0.2, 0.25) is 0 Å². The van der Waals surface area contributed by atoms with Gasteiger partial charge in [-0.05, 0) is 61.5 Å². The van der Waals surface area contributed by atoms with Gasteiger partial charge in [-0.2, -0.15) is 0 Å². The molecule has 0 bridgehead atoms. The average molecular weight is 375 g/mol. The SMILES string of the molecule is Cc1ccccc1-c1cn(C)c(=O)c2cc(NC(=O)C3CCNCC3)ccc12. The van der Waals surface area contributed by atoms with Gasteiger partial charge in [0.25, 0.3) is 5.56 Å². The second kappa shape index (κ2) is 7.60. The third-order valence-corrected chi connectivity index (χ3v) is 5.60. The number of hydrogen-bond acceptors (Lipinski definition) is 3. The van der Waals surface area contributed by atoms with Gasteiger partial charge in [0.15, 0.2) is 0 Å². The van der Waals surface area contributed by atoms with E-state index in [0.717, 1.165) is 48.0 Å². The van der Waals surface area contributed by atoms with Gasteiger partial charge < -0.3 is 15.2 Å². The highest BCUT2D eigenvalue weighted by Crippen LogP contribution is 2.30. The number of carbonyl (C=O) groups excluding carboxylic acids is 1. The summed E-state index contributed by atoms with van der Waals surface area (Å²) in [6, 6.07) is 13.8. The molecule has 0 unspecified atom stereocenters. The number of aryl methyl sites for hydroxylation is 2. The molecule has 2 heterocycles. The second-order valence-electron chi connectivity index (χ2n) is 7.55. The molecule has 5 nitrogen and oxygen atoms in total. The number of piperidine rings is 1. The Morgan fingerprint density at radius 2 is 1.82 bits per heavy atom. The third-order valence-electron chi connectivity index (χ3n) is 5.60. The maximum Gasteiger partial charge on any atom is 0.258 e. The summed E-state index contributed by atoms with van der Waals surface area (Å²) >= 11 is 0. The monoisotopic (exact) mass is 375 g/mol. The summed E-state index contributed by atoms with van der Waals surface area (Å²) in [5.74, 6) is 0.0609. The molecule has 1 amide bonds. The van der Waals surface area contributed by atoms with E-state index in [-0.39, 0.29) is 17.4 Å². The summed E-state index contributed by atoms with van der Waals surface area (Å²) < 4.78 is 1.61. The van der Waals surface area contributed by atoms with E-state index in [1.54, 1.807) is 17.7 Å². The molecule has 0 saturated carbocycles. The minimum absolute atomic E-state index is 0.0260. The molecule has 5 heteroatoms. The first-order valence-electron chi connectivity index (χ1n) is 9.75. The highest BCUT2D eigenvalue weighted by atomic mass is 16.2. The Morgan fingerprint density at radius 3 is 2.57 bits per heavy atom. The number of aromatic nitrogens is 1. The second-order valence-corrected chi connectivity index (χ2v) is 7.55. The Hall–Kier alpha value is -2.92. The van der Waals surface area contributed by atoms with Crippen molar-refractivity contribution in [3.63, 3.8) is 0 Å². The number of hydrogen-bond donors (Lipinski definition) is 2. The summed E-state index contributed by atoms with van der Waals surface area (Å²) in [7, 11) is 1.77. The van der Waals surface area contributed by atoms with E-state index in [2.05, 4.69) is 29.7 Å². The van der Waals surface area contributed by atoms with Gasteiger partial charge in [-0.25, -0.2) is 0 Å². The van der Waals surface area contributed by atoms with Crippen molar-refractivity contribution in [3.8, 4) is 11.1 Å². The predicted molar refractivity (Wildman–Crippen MR) is 114 cm³/mol. The number of benzene rings is 2. The standard InChI is InChI=1S/C23H25N3O2/c1-15-5-3-4-6-18(15)21-14-26(2)23(28)20-13-17(7-8-19(20)21)25-22(27)16-9-11-24-12-10-16/h3-8,13-14,16,24H,9-12H2,1-2H3,(H,25,27). The number of amides is 1. The molecule has 4 rings (SSSR count). The number of rotatable bonds is 3. The molecule has 1 aliphatic heterocycles. The zero-order chi connectivity index (χ0) is 19.7. The molecule has 0 spiro atoms. The molecular formula is C23H25N3O2. The first-order chi connectivity index (χ1) is 13.5. The lowest BCUT2D eigenvalue weighted by Gasteiger charge is -2.22. The van der Waals surface area contributed by atoms with E-state index in [9.17, 15) is 9.59 Å². The van der Waals surface area contributed by atoms with Crippen molar-refractivity contribution >= 4 is 22.4 Å². The molecule has 1 saturated heterocycles. The lowest BCUT2D eigenvalue weighted by molar-refractivity contribution is -0.120. The topological polar surface area (TPSA) is 63.1 Å². The Balaban J connectivity index is 1.75. The maximum absolute atomic E-state index is 12.8. The number of nitrogens with one attached hydrogen (secondary N) is 2. The molecule has 3 aromatic rings. The van der Waals surface area contributed by atoms with Crippen molar-refractivity contribution in [1.29, 1.82) is 0 Å². The van der Waals surface area contributed by atoms with E-state index in [4.69, 9.17) is 0 Å². The summed E-state index contributed by atoms with van der Waals surface area (Å²) in [6.45, 7) is 3.81. The Labute approximate surface area is 164 Å². The van der Waals surface area contributed by atoms with Crippen molar-refractivity contribution < 1.29 is 4.79 Å². The molecule has 2 aromatic carbocycles. The lowest BCUT2D eigenvalue weighted by Crippen LogP contribution is -2.34. The number of nitrogens with zero attached hydrogens (tertiary/aromatic N) is 1. The first-order valence-corrected chi connectivity index (χ1v) is 9.75. The quantitative estimate of drug-likeness (QED) is 0.737. The largest absolute Gasteiger partial charge is 0.326 e. The van der Waals surface area contributed by atoms with E-state index in [1.807, 2.05) is 30.5 Å². The van der Waals surface area contributed by atoms with Crippen LogP contribution in [0.1, 0.15) is 18.4 Å². The molecule has 0 aliphatic carbocycles. The Bertz CT molecular complexity index is 1090. The first kappa shape index (κ1) is 18.4. The fourth-order valence-corrected chi connectivity index (χ4v) is 3.96. The summed E-state index contributed by atoms with van der Waals surface area (Å²) in [5.41, 5.74) is 3.90. The molecule has 0 atom stereocenters. The van der Waals surface area contributed by atoms with Gasteiger partial charge in [0.05, 0.1) is 0 Å². The number of fused-ring (bicyclic) bond motifs is 1. The highest BCUT2D eigenvalue weighted by Gasteiger charge is 2.21. The van der Waals surface area contributed by atoms with E-state index < -0.39 is 0 Å². The van der Waals surface area contributed by atoms with Crippen molar-refractivity contribution in [1.82, 2.24) is 9.88 Å². The highest BCUT2D eigenvalue weighted by molar-refractivity contribution is 6.00. The maximum atomic E-state index is 12.8. The van der Waals surface area contributed by atoms with Crippen molar-refractivity contribution in [2.45, 2.75) is 19.8 Å². The van der Waals surface area contributed by atoms with Crippen LogP contribution in [-0.2, 0) is 11.8 Å². The Morgan fingerprint density at radius 1 is 1.07 bits per heavy atom. The molecule has 144 valence electrons. The van der Waals surface area contributed by atoms with Crippen LogP contribution in [0.25, 0.3) is 21.9 Å². The van der Waals surface area contributed by atoms with E-state index in [0.29, 0.717) is 11.1 Å². The van der Waals surface area contributed by atoms with Gasteiger partial charge in [0.2, 0.25) is 5.91 Å². The number of anilines is 1. The van der Waals surface area contributed by atoms with E-state index in [1.165, 1.54) is 0 Å². The predicted octanol–water partition coefficient (Wildman–Crippen LogP) is 3.45. The summed E-state index contributed by atoms with van der Waals surface area (Å²) in [4.78, 5) is 25.3. The minimum Gasteiger partial charge on any atom is -0.326 e. The summed E-state index contributed by atoms with van der Waals surface area (Å²) in [6.07, 6.45) is 3.58. The molecule has 1 aromatic heterocycles. The Kier molecular flexibility index (Phi) is 5.01. The van der Waals surface area contributed by atoms with E-state index >= 15 is 0 Å². The fraction of sp³-hybridized carbons (Fsp3) is 0.304. The van der Waals surface area contributed by atoms with Crippen LogP contribution in [-0.4, -0.2) is 23.6 Å². The molecular weight excluding hydrogens is 350 g/mol. The van der Waals surface area contributed by atoms with Crippen LogP contribution in [0.3, 0.4) is 0 Å². The number of carbonyl (C=O) groups is 1. The van der Waals surface area contributed by atoms with Crippen LogP contribution in [0.4, 0.5) is 5.69 Å².